The number of thiazole rings is 1. The van der Waals surface area contributed by atoms with Gasteiger partial charge in [0, 0.05) is 5.02 Å². The van der Waals surface area contributed by atoms with Gasteiger partial charge in [-0.2, -0.15) is 0 Å². The summed E-state index contributed by atoms with van der Waals surface area (Å²) in [5.74, 6) is -0.530. The van der Waals surface area contributed by atoms with Crippen LogP contribution >= 0.6 is 46.1 Å². The average Bonchev–Trinajstić information content (AvgIpc) is 3.05. The molecule has 0 amide bonds. The van der Waals surface area contributed by atoms with Crippen LogP contribution in [-0.4, -0.2) is 17.1 Å². The summed E-state index contributed by atoms with van der Waals surface area (Å²) in [5.41, 5.74) is 1.82. The van der Waals surface area contributed by atoms with Gasteiger partial charge in [-0.1, -0.05) is 70.4 Å². The number of halogens is 3. The molecule has 0 fully saturated rings. The molecule has 0 saturated carbocycles. The van der Waals surface area contributed by atoms with Gasteiger partial charge < -0.3 is 4.74 Å². The topological polar surface area (TPSA) is 60.7 Å². The monoisotopic (exact) mass is 506 g/mol. The van der Waals surface area contributed by atoms with Gasteiger partial charge in [0.25, 0.3) is 5.56 Å². The molecule has 0 aliphatic carbocycles. The second-order valence-electron chi connectivity index (χ2n) is 7.00. The predicted octanol–water partition coefficient (Wildman–Crippen LogP) is 4.76. The molecule has 1 atom stereocenters. The highest BCUT2D eigenvalue weighted by Crippen LogP contribution is 2.34. The van der Waals surface area contributed by atoms with Crippen LogP contribution in [0.2, 0.25) is 15.1 Å². The van der Waals surface area contributed by atoms with E-state index in [-0.39, 0.29) is 17.7 Å². The number of carbonyl (C=O) groups is 1. The Labute approximate surface area is 202 Å². The highest BCUT2D eigenvalue weighted by Gasteiger charge is 2.34. The third kappa shape index (κ3) is 4.16. The number of nitrogens with zero attached hydrogens (tertiary/aromatic N) is 2. The van der Waals surface area contributed by atoms with E-state index in [2.05, 4.69) is 4.99 Å². The summed E-state index contributed by atoms with van der Waals surface area (Å²) in [6.07, 6.45) is 1.72. The third-order valence-electron chi connectivity index (χ3n) is 4.96. The normalized spacial score (nSPS) is 16.0. The maximum Gasteiger partial charge on any atom is 0.338 e. The van der Waals surface area contributed by atoms with Crippen LogP contribution in [0.5, 0.6) is 0 Å². The Balaban J connectivity index is 1.98. The van der Waals surface area contributed by atoms with E-state index in [4.69, 9.17) is 39.5 Å². The number of benzene rings is 2. The van der Waals surface area contributed by atoms with Crippen molar-refractivity contribution in [3.63, 3.8) is 0 Å². The highest BCUT2D eigenvalue weighted by atomic mass is 35.5. The van der Waals surface area contributed by atoms with E-state index >= 15 is 0 Å². The largest absolute Gasteiger partial charge is 0.463 e. The van der Waals surface area contributed by atoms with Crippen molar-refractivity contribution in [2.75, 3.05) is 6.61 Å². The zero-order valence-corrected chi connectivity index (χ0v) is 20.1. The predicted molar refractivity (Wildman–Crippen MR) is 128 cm³/mol. The first-order valence-corrected chi connectivity index (χ1v) is 11.7. The zero-order chi connectivity index (χ0) is 23.0. The SMILES string of the molecule is CCOC(=O)C1=C(C)N=c2sc(=Cc3ccc(Cl)c(Cl)c3)c(=O)n2[C@@H]1c1ccccc1Cl. The van der Waals surface area contributed by atoms with Crippen LogP contribution in [0.25, 0.3) is 6.08 Å². The molecule has 0 saturated heterocycles. The number of hydrogen-bond acceptors (Lipinski definition) is 5. The summed E-state index contributed by atoms with van der Waals surface area (Å²) in [4.78, 5) is 31.4. The van der Waals surface area contributed by atoms with Crippen LogP contribution in [0, 0.1) is 0 Å². The molecule has 1 aliphatic rings. The van der Waals surface area contributed by atoms with Crippen molar-refractivity contribution in [1.29, 1.82) is 0 Å². The molecule has 1 aliphatic heterocycles. The zero-order valence-electron chi connectivity index (χ0n) is 17.1. The molecule has 9 heteroatoms. The fourth-order valence-corrected chi connectivity index (χ4v) is 5.13. The summed E-state index contributed by atoms with van der Waals surface area (Å²) >= 11 is 19.8. The van der Waals surface area contributed by atoms with E-state index in [0.29, 0.717) is 35.7 Å². The first kappa shape index (κ1) is 22.8. The summed E-state index contributed by atoms with van der Waals surface area (Å²) in [6, 6.07) is 11.5. The number of fused-ring (bicyclic) bond motifs is 1. The Morgan fingerprint density at radius 1 is 1.16 bits per heavy atom. The number of carbonyl (C=O) groups excluding carboxylic acids is 1. The summed E-state index contributed by atoms with van der Waals surface area (Å²) in [7, 11) is 0. The van der Waals surface area contributed by atoms with Gasteiger partial charge in [0.05, 0.1) is 32.5 Å². The maximum absolute atomic E-state index is 13.5. The van der Waals surface area contributed by atoms with Crippen LogP contribution in [0.1, 0.15) is 31.0 Å². The number of hydrogen-bond donors (Lipinski definition) is 0. The van der Waals surface area contributed by atoms with Gasteiger partial charge in [-0.05, 0) is 49.2 Å². The first-order valence-electron chi connectivity index (χ1n) is 9.71. The van der Waals surface area contributed by atoms with Crippen LogP contribution in [0.4, 0.5) is 0 Å². The molecule has 32 heavy (non-hydrogen) atoms. The van der Waals surface area contributed by atoms with Crippen LogP contribution in [0.15, 0.2) is 63.5 Å². The molecule has 2 aromatic carbocycles. The lowest BCUT2D eigenvalue weighted by molar-refractivity contribution is -0.139. The van der Waals surface area contributed by atoms with Gasteiger partial charge in [-0.3, -0.25) is 9.36 Å². The molecule has 0 bridgehead atoms. The van der Waals surface area contributed by atoms with Gasteiger partial charge in [0.15, 0.2) is 4.80 Å². The van der Waals surface area contributed by atoms with E-state index in [1.54, 1.807) is 56.3 Å². The quantitative estimate of drug-likeness (QED) is 0.479. The molecule has 3 aromatic rings. The molecule has 1 aromatic heterocycles. The van der Waals surface area contributed by atoms with Crippen molar-refractivity contribution in [3.05, 3.63) is 99.6 Å². The Bertz CT molecular complexity index is 1440. The van der Waals surface area contributed by atoms with Gasteiger partial charge in [-0.25, -0.2) is 9.79 Å². The van der Waals surface area contributed by atoms with Crippen molar-refractivity contribution in [2.45, 2.75) is 19.9 Å². The van der Waals surface area contributed by atoms with E-state index in [1.165, 1.54) is 15.9 Å². The lowest BCUT2D eigenvalue weighted by atomic mass is 9.96. The number of ether oxygens (including phenoxy) is 1. The standard InChI is InChI=1S/C23H17Cl3N2O3S/c1-3-31-22(30)19-12(2)27-23-28(20(19)14-6-4-5-7-15(14)24)21(29)18(32-23)11-13-8-9-16(25)17(26)10-13/h4-11,20H,3H2,1-2H3/t20-/m1/s1. The Kier molecular flexibility index (Phi) is 6.58. The van der Waals surface area contributed by atoms with Gasteiger partial charge in [0.1, 0.15) is 6.04 Å². The fraction of sp³-hybridized carbons (Fsp3) is 0.174. The van der Waals surface area contributed by atoms with Crippen molar-refractivity contribution in [2.24, 2.45) is 4.99 Å². The number of allylic oxidation sites excluding steroid dienone is 1. The minimum absolute atomic E-state index is 0.201. The van der Waals surface area contributed by atoms with Gasteiger partial charge >= 0.3 is 5.97 Å². The minimum atomic E-state index is -0.755. The molecule has 0 spiro atoms. The van der Waals surface area contributed by atoms with Crippen molar-refractivity contribution >= 4 is 58.2 Å². The van der Waals surface area contributed by atoms with Gasteiger partial charge in [-0.15, -0.1) is 0 Å². The first-order chi connectivity index (χ1) is 15.3. The molecule has 5 nitrogen and oxygen atoms in total. The Morgan fingerprint density at radius 3 is 2.59 bits per heavy atom. The van der Waals surface area contributed by atoms with Crippen molar-refractivity contribution in [3.8, 4) is 0 Å². The summed E-state index contributed by atoms with van der Waals surface area (Å²) in [5, 5.41) is 1.26. The molecule has 0 N–H and O–H groups in total. The lowest BCUT2D eigenvalue weighted by Crippen LogP contribution is -2.40. The second-order valence-corrected chi connectivity index (χ2v) is 9.23. The van der Waals surface area contributed by atoms with E-state index in [0.717, 1.165) is 5.56 Å². The van der Waals surface area contributed by atoms with Crippen molar-refractivity contribution < 1.29 is 9.53 Å². The summed E-state index contributed by atoms with van der Waals surface area (Å²) in [6.45, 7) is 3.66. The number of rotatable bonds is 4. The molecule has 2 heterocycles. The molecule has 0 unspecified atom stereocenters. The van der Waals surface area contributed by atoms with E-state index in [1.807, 2.05) is 6.07 Å². The second kappa shape index (κ2) is 9.24. The van der Waals surface area contributed by atoms with Crippen LogP contribution in [-0.2, 0) is 9.53 Å². The number of esters is 1. The van der Waals surface area contributed by atoms with Gasteiger partial charge in [0.2, 0.25) is 0 Å². The Hall–Kier alpha value is -2.38. The average molecular weight is 508 g/mol. The van der Waals surface area contributed by atoms with E-state index < -0.39 is 12.0 Å². The Morgan fingerprint density at radius 2 is 1.91 bits per heavy atom. The summed E-state index contributed by atoms with van der Waals surface area (Å²) < 4.78 is 7.21. The molecule has 164 valence electrons. The third-order valence-corrected chi connectivity index (χ3v) is 7.02. The molecule has 4 rings (SSSR count). The maximum atomic E-state index is 13.5. The van der Waals surface area contributed by atoms with Crippen LogP contribution < -0.4 is 14.9 Å². The minimum Gasteiger partial charge on any atom is -0.463 e. The smallest absolute Gasteiger partial charge is 0.338 e. The lowest BCUT2D eigenvalue weighted by Gasteiger charge is -2.25. The van der Waals surface area contributed by atoms with Crippen LogP contribution in [0.3, 0.4) is 0 Å². The molecule has 0 radical (unpaired) electrons. The highest BCUT2D eigenvalue weighted by molar-refractivity contribution is 7.07. The fourth-order valence-electron chi connectivity index (χ4n) is 3.54. The van der Waals surface area contributed by atoms with Crippen molar-refractivity contribution in [1.82, 2.24) is 4.57 Å². The number of aromatic nitrogens is 1. The van der Waals surface area contributed by atoms with E-state index in [9.17, 15) is 9.59 Å². The molecular weight excluding hydrogens is 491 g/mol. The molecular formula is C23H17Cl3N2O3S.